The summed E-state index contributed by atoms with van der Waals surface area (Å²) in [4.78, 5) is 73.4. The topological polar surface area (TPSA) is 237 Å². The Balaban J connectivity index is 5.25. The highest BCUT2D eigenvalue weighted by atomic mass is 31.2. The van der Waals surface area contributed by atoms with Gasteiger partial charge in [-0.25, -0.2) is 9.13 Å². The Hall–Kier alpha value is -1.94. The third-order valence-corrected chi connectivity index (χ3v) is 23.2. The quantitative estimate of drug-likeness (QED) is 0.0222. The highest BCUT2D eigenvalue weighted by Crippen LogP contribution is 2.45. The van der Waals surface area contributed by atoms with Crippen LogP contribution in [0, 0.1) is 5.92 Å². The van der Waals surface area contributed by atoms with Crippen molar-refractivity contribution in [2.75, 3.05) is 39.6 Å². The number of carbonyl (C=O) groups is 4. The van der Waals surface area contributed by atoms with Crippen LogP contribution in [0.4, 0.5) is 0 Å². The summed E-state index contributed by atoms with van der Waals surface area (Å²) in [6.45, 7) is 7.42. The smallest absolute Gasteiger partial charge is 0.462 e. The van der Waals surface area contributed by atoms with Gasteiger partial charge in [0.1, 0.15) is 19.3 Å². The second-order valence-corrected chi connectivity index (χ2v) is 35.7. The van der Waals surface area contributed by atoms with Crippen LogP contribution in [0.5, 0.6) is 0 Å². The van der Waals surface area contributed by atoms with Crippen molar-refractivity contribution in [3.05, 3.63) is 0 Å². The van der Waals surface area contributed by atoms with Gasteiger partial charge in [0.2, 0.25) is 0 Å². The van der Waals surface area contributed by atoms with Crippen LogP contribution in [0.1, 0.15) is 490 Å². The predicted octanol–water partition coefficient (Wildman–Crippen LogP) is 27.9. The molecule has 0 aliphatic carbocycles. The zero-order valence-corrected chi connectivity index (χ0v) is 73.5. The van der Waals surface area contributed by atoms with Crippen LogP contribution in [0.3, 0.4) is 0 Å². The lowest BCUT2D eigenvalue weighted by Gasteiger charge is -2.21. The van der Waals surface area contributed by atoms with Gasteiger partial charge in [0.05, 0.1) is 26.4 Å². The van der Waals surface area contributed by atoms with E-state index in [1.807, 2.05) is 0 Å². The van der Waals surface area contributed by atoms with Gasteiger partial charge in [-0.2, -0.15) is 0 Å². The fourth-order valence-electron chi connectivity index (χ4n) is 14.2. The van der Waals surface area contributed by atoms with E-state index in [9.17, 15) is 43.2 Å². The lowest BCUT2D eigenvalue weighted by molar-refractivity contribution is -0.161. The van der Waals surface area contributed by atoms with Crippen molar-refractivity contribution in [2.24, 2.45) is 5.92 Å². The van der Waals surface area contributed by atoms with Gasteiger partial charge in [0.15, 0.2) is 12.2 Å². The first-order valence-corrected chi connectivity index (χ1v) is 49.6. The summed E-state index contributed by atoms with van der Waals surface area (Å²) in [6, 6.07) is 0. The van der Waals surface area contributed by atoms with E-state index < -0.39 is 97.5 Å². The molecule has 5 atom stereocenters. The Kier molecular flexibility index (Phi) is 81.1. The number of phosphoric ester groups is 2. The maximum atomic E-state index is 13.2. The fraction of sp³-hybridized carbons (Fsp3) is 0.956. The van der Waals surface area contributed by atoms with Crippen LogP contribution in [-0.4, -0.2) is 96.7 Å². The third-order valence-electron chi connectivity index (χ3n) is 21.3. The summed E-state index contributed by atoms with van der Waals surface area (Å²) in [5.74, 6) is -1.29. The van der Waals surface area contributed by atoms with Crippen LogP contribution in [0.25, 0.3) is 0 Å². The van der Waals surface area contributed by atoms with E-state index in [1.165, 1.54) is 315 Å². The number of hydrogen-bond donors (Lipinski definition) is 3. The molecule has 648 valence electrons. The van der Waals surface area contributed by atoms with Gasteiger partial charge < -0.3 is 33.8 Å². The summed E-state index contributed by atoms with van der Waals surface area (Å²) in [5, 5.41) is 10.7. The van der Waals surface area contributed by atoms with Gasteiger partial charge in [-0.05, 0) is 31.6 Å². The molecule has 0 aromatic carbocycles. The second-order valence-electron chi connectivity index (χ2n) is 32.8. The molecular weight excluding hydrogens is 1410 g/mol. The monoisotopic (exact) mass is 1590 g/mol. The van der Waals surface area contributed by atoms with Crippen molar-refractivity contribution in [2.45, 2.75) is 509 Å². The maximum absolute atomic E-state index is 13.2. The number of ether oxygens (including phenoxy) is 4. The first-order valence-electron chi connectivity index (χ1n) is 46.6. The van der Waals surface area contributed by atoms with Crippen molar-refractivity contribution >= 4 is 39.5 Å². The van der Waals surface area contributed by atoms with E-state index >= 15 is 0 Å². The van der Waals surface area contributed by atoms with Crippen LogP contribution in [0.2, 0.25) is 0 Å². The lowest BCUT2D eigenvalue weighted by atomic mass is 10.0. The summed E-state index contributed by atoms with van der Waals surface area (Å²) in [6.07, 6.45) is 77.7. The average Bonchev–Trinajstić information content (AvgIpc) is 0.901. The number of aliphatic hydroxyl groups excluding tert-OH is 1. The van der Waals surface area contributed by atoms with E-state index in [0.717, 1.165) is 95.8 Å². The number of unbranched alkanes of at least 4 members (excludes halogenated alkanes) is 62. The molecule has 0 saturated carbocycles. The van der Waals surface area contributed by atoms with Crippen molar-refractivity contribution in [3.8, 4) is 0 Å². The molecule has 0 heterocycles. The highest BCUT2D eigenvalue weighted by Gasteiger charge is 2.31. The van der Waals surface area contributed by atoms with E-state index in [0.29, 0.717) is 25.7 Å². The van der Waals surface area contributed by atoms with Gasteiger partial charge in [-0.3, -0.25) is 37.3 Å². The average molecular weight is 1590 g/mol. The molecule has 0 aromatic rings. The normalized spacial score (nSPS) is 13.7. The molecular formula is C90H176O17P2. The van der Waals surface area contributed by atoms with Crippen LogP contribution >= 0.6 is 15.6 Å². The molecule has 0 amide bonds. The Bertz CT molecular complexity index is 2070. The van der Waals surface area contributed by atoms with Crippen molar-refractivity contribution in [1.82, 2.24) is 0 Å². The molecule has 0 saturated heterocycles. The first kappa shape index (κ1) is 107. The zero-order valence-electron chi connectivity index (χ0n) is 71.7. The standard InChI is InChI=1S/C90H176O17P2/c1-6-9-12-15-18-21-24-27-29-31-32-33-34-35-36-40-46-51-56-61-66-71-76-90(95)107-86(80-101-88(93)74-69-64-59-54-49-44-41-37-38-43-47-52-57-62-67-72-83(4)5)82-105-109(98,99)103-78-84(91)77-102-108(96,97)104-81-85(79-100-87(92)73-68-63-58-53-48-42-26-23-20-17-14-11-8-3)106-89(94)75-70-65-60-55-50-45-39-30-28-25-22-19-16-13-10-7-2/h83-86,91H,6-82H2,1-5H3,(H,96,97)(H,98,99)/t84-,85+,86+/m0/s1. The number of aliphatic hydroxyl groups is 1. The molecule has 17 nitrogen and oxygen atoms in total. The first-order chi connectivity index (χ1) is 53.0. The molecule has 0 rings (SSSR count). The van der Waals surface area contributed by atoms with Crippen LogP contribution < -0.4 is 0 Å². The molecule has 19 heteroatoms. The SMILES string of the molecule is CCCCCCCCCCCCCCCCCCCCCCCCC(=O)O[C@H](COC(=O)CCCCCCCCCCCCCCCCCC(C)C)COP(=O)(O)OC[C@@H](O)COP(=O)(O)OC[C@@H](COC(=O)CCCCCCCCCCCCCCC)OC(=O)CCCCCCCCCCCCCCCCCC. The van der Waals surface area contributed by atoms with Crippen molar-refractivity contribution < 1.29 is 80.2 Å². The molecule has 0 radical (unpaired) electrons. The molecule has 109 heavy (non-hydrogen) atoms. The lowest BCUT2D eigenvalue weighted by Crippen LogP contribution is -2.30. The minimum absolute atomic E-state index is 0.109. The van der Waals surface area contributed by atoms with Gasteiger partial charge in [0.25, 0.3) is 0 Å². The summed E-state index contributed by atoms with van der Waals surface area (Å²) >= 11 is 0. The van der Waals surface area contributed by atoms with E-state index in [2.05, 4.69) is 34.6 Å². The minimum Gasteiger partial charge on any atom is -0.462 e. The summed E-state index contributed by atoms with van der Waals surface area (Å²) in [7, 11) is -9.93. The molecule has 0 aliphatic heterocycles. The Labute approximate surface area is 670 Å². The predicted molar refractivity (Wildman–Crippen MR) is 451 cm³/mol. The molecule has 0 bridgehead atoms. The Morgan fingerprint density at radius 2 is 0.422 bits per heavy atom. The molecule has 0 aromatic heterocycles. The fourth-order valence-corrected chi connectivity index (χ4v) is 15.8. The summed E-state index contributed by atoms with van der Waals surface area (Å²) in [5.41, 5.74) is 0. The second kappa shape index (κ2) is 82.6. The van der Waals surface area contributed by atoms with E-state index in [4.69, 9.17) is 37.0 Å². The zero-order chi connectivity index (χ0) is 79.7. The minimum atomic E-state index is -4.97. The van der Waals surface area contributed by atoms with Gasteiger partial charge in [-0.15, -0.1) is 0 Å². The van der Waals surface area contributed by atoms with E-state index in [-0.39, 0.29) is 25.7 Å². The molecule has 3 N–H and O–H groups in total. The van der Waals surface area contributed by atoms with E-state index in [1.54, 1.807) is 0 Å². The largest absolute Gasteiger partial charge is 0.472 e. The number of carbonyl (C=O) groups excluding carboxylic acids is 4. The number of rotatable bonds is 90. The van der Waals surface area contributed by atoms with Crippen molar-refractivity contribution in [1.29, 1.82) is 0 Å². The van der Waals surface area contributed by atoms with Gasteiger partial charge in [-0.1, -0.05) is 439 Å². The molecule has 0 aliphatic rings. The molecule has 0 spiro atoms. The number of hydrogen-bond acceptors (Lipinski definition) is 15. The Morgan fingerprint density at radius 3 is 0.624 bits per heavy atom. The number of esters is 4. The molecule has 0 fully saturated rings. The highest BCUT2D eigenvalue weighted by molar-refractivity contribution is 7.47. The van der Waals surface area contributed by atoms with Gasteiger partial charge >= 0.3 is 39.5 Å². The van der Waals surface area contributed by atoms with Gasteiger partial charge in [0, 0.05) is 25.7 Å². The van der Waals surface area contributed by atoms with Crippen LogP contribution in [-0.2, 0) is 65.4 Å². The number of phosphoric acid groups is 2. The third kappa shape index (κ3) is 83.8. The Morgan fingerprint density at radius 1 is 0.248 bits per heavy atom. The molecule has 2 unspecified atom stereocenters. The van der Waals surface area contributed by atoms with Crippen molar-refractivity contribution in [3.63, 3.8) is 0 Å². The maximum Gasteiger partial charge on any atom is 0.472 e. The van der Waals surface area contributed by atoms with Crippen LogP contribution in [0.15, 0.2) is 0 Å². The summed E-state index contributed by atoms with van der Waals surface area (Å²) < 4.78 is 69.1.